The highest BCUT2D eigenvalue weighted by atomic mass is 32.2. The lowest BCUT2D eigenvalue weighted by Crippen LogP contribution is -2.48. The summed E-state index contributed by atoms with van der Waals surface area (Å²) in [7, 11) is 0.775. The number of hydrogen-bond donors (Lipinski definition) is 0. The summed E-state index contributed by atoms with van der Waals surface area (Å²) < 4.78 is 42.8. The predicted molar refractivity (Wildman–Crippen MR) is 116 cm³/mol. The number of hydrogen-bond acceptors (Lipinski definition) is 7. The summed E-state index contributed by atoms with van der Waals surface area (Å²) in [6.07, 6.45) is 0. The van der Waals surface area contributed by atoms with E-state index in [1.54, 1.807) is 38.5 Å². The minimum atomic E-state index is -3.67. The second-order valence-corrected chi connectivity index (χ2v) is 9.37. The maximum Gasteiger partial charge on any atom is 0.325 e. The molecule has 168 valence electrons. The average molecular weight is 449 g/mol. The molecule has 0 radical (unpaired) electrons. The zero-order valence-corrected chi connectivity index (χ0v) is 18.8. The van der Waals surface area contributed by atoms with Gasteiger partial charge in [0.2, 0.25) is 10.0 Å². The molecular weight excluding hydrogens is 420 g/mol. The quantitative estimate of drug-likeness (QED) is 0.598. The number of esters is 1. The highest BCUT2D eigenvalue weighted by Gasteiger charge is 2.39. The Balaban J connectivity index is 1.84. The first-order chi connectivity index (χ1) is 14.9. The SMILES string of the molecule is COC(=O)C1CN(Cc2ccc(OC)cc2)CCS(=O)(=O)N1Cc1ccc(OC)cc1. The molecular formula is C22H28N2O6S. The molecule has 0 aromatic heterocycles. The first kappa shape index (κ1) is 23.1. The van der Waals surface area contributed by atoms with Crippen LogP contribution in [0, 0.1) is 0 Å². The van der Waals surface area contributed by atoms with E-state index in [4.69, 9.17) is 14.2 Å². The number of rotatable bonds is 7. The van der Waals surface area contributed by atoms with Crippen LogP contribution in [0.5, 0.6) is 11.5 Å². The number of ether oxygens (including phenoxy) is 3. The lowest BCUT2D eigenvalue weighted by Gasteiger charge is -2.28. The molecule has 0 spiro atoms. The van der Waals surface area contributed by atoms with Gasteiger partial charge in [-0.2, -0.15) is 4.31 Å². The number of carbonyl (C=O) groups is 1. The summed E-state index contributed by atoms with van der Waals surface area (Å²) in [6.45, 7) is 1.17. The molecule has 0 bridgehead atoms. The molecule has 2 aromatic rings. The van der Waals surface area contributed by atoms with Crippen molar-refractivity contribution < 1.29 is 27.4 Å². The molecule has 2 aromatic carbocycles. The molecule has 1 aliphatic heterocycles. The number of methoxy groups -OCH3 is 3. The fourth-order valence-corrected chi connectivity index (χ4v) is 5.17. The fraction of sp³-hybridized carbons (Fsp3) is 0.409. The smallest absolute Gasteiger partial charge is 0.325 e. The van der Waals surface area contributed by atoms with Gasteiger partial charge in [0.1, 0.15) is 17.5 Å². The van der Waals surface area contributed by atoms with Crippen molar-refractivity contribution >= 4 is 16.0 Å². The molecule has 0 N–H and O–H groups in total. The largest absolute Gasteiger partial charge is 0.497 e. The molecule has 0 saturated carbocycles. The molecule has 1 atom stereocenters. The van der Waals surface area contributed by atoms with Crippen LogP contribution in [0.1, 0.15) is 11.1 Å². The van der Waals surface area contributed by atoms with Crippen molar-refractivity contribution in [3.05, 3.63) is 59.7 Å². The minimum Gasteiger partial charge on any atom is -0.497 e. The first-order valence-corrected chi connectivity index (χ1v) is 11.5. The van der Waals surface area contributed by atoms with Crippen molar-refractivity contribution in [1.82, 2.24) is 9.21 Å². The zero-order chi connectivity index (χ0) is 22.4. The van der Waals surface area contributed by atoms with Crippen molar-refractivity contribution in [2.75, 3.05) is 40.2 Å². The van der Waals surface area contributed by atoms with E-state index in [-0.39, 0.29) is 18.8 Å². The Labute approximate surface area is 183 Å². The third-order valence-electron chi connectivity index (χ3n) is 5.34. The molecule has 1 aliphatic rings. The van der Waals surface area contributed by atoms with Crippen LogP contribution in [0.25, 0.3) is 0 Å². The van der Waals surface area contributed by atoms with Crippen LogP contribution in [-0.4, -0.2) is 69.8 Å². The van der Waals surface area contributed by atoms with Gasteiger partial charge in [-0.15, -0.1) is 0 Å². The monoisotopic (exact) mass is 448 g/mol. The van der Waals surface area contributed by atoms with Crippen molar-refractivity contribution in [3.63, 3.8) is 0 Å². The Morgan fingerprint density at radius 3 is 1.90 bits per heavy atom. The Kier molecular flexibility index (Phi) is 7.53. The first-order valence-electron chi connectivity index (χ1n) is 9.92. The molecule has 1 unspecified atom stereocenters. The Bertz CT molecular complexity index is 976. The van der Waals surface area contributed by atoms with Gasteiger partial charge in [-0.25, -0.2) is 8.42 Å². The van der Waals surface area contributed by atoms with E-state index in [1.165, 1.54) is 11.4 Å². The van der Waals surface area contributed by atoms with Gasteiger partial charge in [0.25, 0.3) is 0 Å². The maximum absolute atomic E-state index is 13.1. The van der Waals surface area contributed by atoms with Gasteiger partial charge < -0.3 is 14.2 Å². The molecule has 31 heavy (non-hydrogen) atoms. The molecule has 3 rings (SSSR count). The van der Waals surface area contributed by atoms with Gasteiger partial charge in [0.05, 0.1) is 27.1 Å². The van der Waals surface area contributed by atoms with Crippen LogP contribution in [0.15, 0.2) is 48.5 Å². The molecule has 0 amide bonds. The van der Waals surface area contributed by atoms with Crippen LogP contribution in [0.3, 0.4) is 0 Å². The standard InChI is InChI=1S/C22H28N2O6S/c1-28-19-8-4-17(5-9-19)14-23-12-13-31(26,27)24(21(16-23)22(25)30-3)15-18-6-10-20(29-2)11-7-18/h4-11,21H,12-16H2,1-3H3. The lowest BCUT2D eigenvalue weighted by molar-refractivity contribution is -0.145. The van der Waals surface area contributed by atoms with Crippen LogP contribution in [0.4, 0.5) is 0 Å². The highest BCUT2D eigenvalue weighted by molar-refractivity contribution is 7.89. The lowest BCUT2D eigenvalue weighted by atomic mass is 10.1. The van der Waals surface area contributed by atoms with Gasteiger partial charge >= 0.3 is 5.97 Å². The maximum atomic E-state index is 13.1. The third kappa shape index (κ3) is 5.75. The Hall–Kier alpha value is -2.62. The van der Waals surface area contributed by atoms with Crippen LogP contribution in [-0.2, 0) is 32.6 Å². The molecule has 1 heterocycles. The Morgan fingerprint density at radius 1 is 0.903 bits per heavy atom. The van der Waals surface area contributed by atoms with E-state index in [0.29, 0.717) is 18.8 Å². The summed E-state index contributed by atoms with van der Waals surface area (Å²) in [5.41, 5.74) is 1.77. The van der Waals surface area contributed by atoms with E-state index in [9.17, 15) is 13.2 Å². The van der Waals surface area contributed by atoms with Crippen molar-refractivity contribution in [2.45, 2.75) is 19.1 Å². The summed E-state index contributed by atoms with van der Waals surface area (Å²) >= 11 is 0. The number of nitrogens with zero attached hydrogens (tertiary/aromatic N) is 2. The molecule has 8 nitrogen and oxygen atoms in total. The number of benzene rings is 2. The Morgan fingerprint density at radius 2 is 1.42 bits per heavy atom. The van der Waals surface area contributed by atoms with Gasteiger partial charge in [-0.1, -0.05) is 24.3 Å². The molecule has 9 heteroatoms. The second-order valence-electron chi connectivity index (χ2n) is 7.33. The van der Waals surface area contributed by atoms with E-state index < -0.39 is 22.0 Å². The zero-order valence-electron chi connectivity index (χ0n) is 18.0. The molecule has 1 saturated heterocycles. The van der Waals surface area contributed by atoms with Crippen molar-refractivity contribution in [1.29, 1.82) is 0 Å². The third-order valence-corrected chi connectivity index (χ3v) is 7.13. The average Bonchev–Trinajstić information content (AvgIpc) is 2.91. The van der Waals surface area contributed by atoms with Gasteiger partial charge in [-0.05, 0) is 35.4 Å². The molecule has 1 fully saturated rings. The minimum absolute atomic E-state index is 0.0766. The second kappa shape index (κ2) is 10.1. The van der Waals surface area contributed by atoms with Crippen molar-refractivity contribution in [3.8, 4) is 11.5 Å². The van der Waals surface area contributed by atoms with Gasteiger partial charge in [0, 0.05) is 26.2 Å². The van der Waals surface area contributed by atoms with Crippen LogP contribution >= 0.6 is 0 Å². The number of carbonyl (C=O) groups excluding carboxylic acids is 1. The van der Waals surface area contributed by atoms with Crippen LogP contribution < -0.4 is 9.47 Å². The van der Waals surface area contributed by atoms with E-state index >= 15 is 0 Å². The van der Waals surface area contributed by atoms with E-state index in [1.807, 2.05) is 29.2 Å². The topological polar surface area (TPSA) is 85.4 Å². The van der Waals surface area contributed by atoms with Crippen molar-refractivity contribution in [2.24, 2.45) is 0 Å². The van der Waals surface area contributed by atoms with Gasteiger partial charge in [-0.3, -0.25) is 9.69 Å². The highest BCUT2D eigenvalue weighted by Crippen LogP contribution is 2.22. The summed E-state index contributed by atoms with van der Waals surface area (Å²) in [5, 5.41) is 0. The summed E-state index contributed by atoms with van der Waals surface area (Å²) in [4.78, 5) is 14.6. The predicted octanol–water partition coefficient (Wildman–Crippen LogP) is 1.89. The fourth-order valence-electron chi connectivity index (χ4n) is 3.56. The summed E-state index contributed by atoms with van der Waals surface area (Å²) in [5.74, 6) is 0.781. The van der Waals surface area contributed by atoms with Gasteiger partial charge in [0.15, 0.2) is 0 Å². The summed E-state index contributed by atoms with van der Waals surface area (Å²) in [6, 6.07) is 13.8. The number of sulfonamides is 1. The molecule has 0 aliphatic carbocycles. The van der Waals surface area contributed by atoms with E-state index in [0.717, 1.165) is 16.9 Å². The normalized spacial score (nSPS) is 19.4. The van der Waals surface area contributed by atoms with Crippen LogP contribution in [0.2, 0.25) is 0 Å². The van der Waals surface area contributed by atoms with E-state index in [2.05, 4.69) is 0 Å².